The Morgan fingerprint density at radius 3 is 2.92 bits per heavy atom. The van der Waals surface area contributed by atoms with E-state index in [0.717, 1.165) is 32.6 Å². The van der Waals surface area contributed by atoms with Gasteiger partial charge in [-0.05, 0) is 49.3 Å². The first kappa shape index (κ1) is 17.3. The van der Waals surface area contributed by atoms with Gasteiger partial charge in [-0.15, -0.1) is 0 Å². The lowest BCUT2D eigenvalue weighted by Gasteiger charge is -2.34. The molecule has 26 heavy (non-hydrogen) atoms. The monoisotopic (exact) mass is 352 g/mol. The summed E-state index contributed by atoms with van der Waals surface area (Å²) < 4.78 is 2.15. The maximum absolute atomic E-state index is 11.9. The van der Waals surface area contributed by atoms with Crippen molar-refractivity contribution in [3.63, 3.8) is 0 Å². The second kappa shape index (κ2) is 7.62. The highest BCUT2D eigenvalue weighted by Gasteiger charge is 2.27. The summed E-state index contributed by atoms with van der Waals surface area (Å²) in [5, 5.41) is 7.63. The summed E-state index contributed by atoms with van der Waals surface area (Å²) in [4.78, 5) is 14.4. The van der Waals surface area contributed by atoms with Crippen LogP contribution in [0.25, 0.3) is 0 Å². The van der Waals surface area contributed by atoms with Crippen LogP contribution in [0.1, 0.15) is 48.5 Å². The zero-order chi connectivity index (χ0) is 17.9. The van der Waals surface area contributed by atoms with Crippen molar-refractivity contribution in [2.75, 3.05) is 13.1 Å². The summed E-state index contributed by atoms with van der Waals surface area (Å²) in [5.41, 5.74) is 3.99. The summed E-state index contributed by atoms with van der Waals surface area (Å²) in [5.74, 6) is 0.854. The Morgan fingerprint density at radius 1 is 1.27 bits per heavy atom. The molecule has 1 aromatic heterocycles. The van der Waals surface area contributed by atoms with Crippen LogP contribution in [-0.4, -0.2) is 33.7 Å². The zero-order valence-electron chi connectivity index (χ0n) is 15.5. The van der Waals surface area contributed by atoms with Crippen molar-refractivity contribution in [2.24, 2.45) is 5.92 Å². The molecule has 2 aliphatic rings. The molecule has 1 unspecified atom stereocenters. The molecule has 4 rings (SSSR count). The van der Waals surface area contributed by atoms with Gasteiger partial charge in [0.15, 0.2) is 0 Å². The molecule has 1 amide bonds. The quantitative estimate of drug-likeness (QED) is 0.833. The molecule has 1 aliphatic heterocycles. The van der Waals surface area contributed by atoms with Gasteiger partial charge in [-0.25, -0.2) is 0 Å². The largest absolute Gasteiger partial charge is 0.356 e. The third-order valence-corrected chi connectivity index (χ3v) is 5.58. The number of carbonyl (C=O) groups excluding carboxylic acids is 1. The summed E-state index contributed by atoms with van der Waals surface area (Å²) in [6.45, 7) is 5.77. The Bertz CT molecular complexity index is 765. The molecular weight excluding hydrogens is 324 g/mol. The summed E-state index contributed by atoms with van der Waals surface area (Å²) in [7, 11) is 0. The number of aryl methyl sites for hydroxylation is 1. The van der Waals surface area contributed by atoms with E-state index in [0.29, 0.717) is 18.4 Å². The number of aromatic nitrogens is 2. The molecule has 0 spiro atoms. The summed E-state index contributed by atoms with van der Waals surface area (Å²) in [6, 6.07) is 11.0. The fourth-order valence-electron chi connectivity index (χ4n) is 3.86. The first-order valence-corrected chi connectivity index (χ1v) is 9.75. The SMILES string of the molecule is Cc1ccccc1CN1Cc2ccnn2C(CCNC(=O)CC2CC2)C1. The number of nitrogens with one attached hydrogen (secondary N) is 1. The number of hydrogen-bond acceptors (Lipinski definition) is 3. The molecule has 1 atom stereocenters. The molecule has 0 radical (unpaired) electrons. The normalized spacial score (nSPS) is 20.0. The molecule has 2 aromatic rings. The van der Waals surface area contributed by atoms with Crippen LogP contribution >= 0.6 is 0 Å². The van der Waals surface area contributed by atoms with Gasteiger partial charge in [0.05, 0.1) is 11.7 Å². The Morgan fingerprint density at radius 2 is 2.12 bits per heavy atom. The molecule has 0 bridgehead atoms. The molecule has 138 valence electrons. The fourth-order valence-corrected chi connectivity index (χ4v) is 3.86. The zero-order valence-corrected chi connectivity index (χ0v) is 15.5. The first-order chi connectivity index (χ1) is 12.7. The Hall–Kier alpha value is -2.14. The van der Waals surface area contributed by atoms with Crippen molar-refractivity contribution in [1.82, 2.24) is 20.0 Å². The second-order valence-electron chi connectivity index (χ2n) is 7.80. The molecule has 1 fully saturated rings. The summed E-state index contributed by atoms with van der Waals surface area (Å²) >= 11 is 0. The van der Waals surface area contributed by atoms with Gasteiger partial charge in [0.2, 0.25) is 5.91 Å². The topological polar surface area (TPSA) is 50.2 Å². The maximum atomic E-state index is 11.9. The fraction of sp³-hybridized carbons (Fsp3) is 0.524. The van der Waals surface area contributed by atoms with Crippen LogP contribution in [0.15, 0.2) is 36.5 Å². The van der Waals surface area contributed by atoms with E-state index in [1.165, 1.54) is 29.7 Å². The van der Waals surface area contributed by atoms with Crippen LogP contribution in [-0.2, 0) is 17.9 Å². The second-order valence-corrected chi connectivity index (χ2v) is 7.80. The predicted molar refractivity (Wildman–Crippen MR) is 102 cm³/mol. The molecule has 2 heterocycles. The summed E-state index contributed by atoms with van der Waals surface area (Å²) in [6.07, 6.45) is 5.97. The van der Waals surface area contributed by atoms with E-state index in [1.54, 1.807) is 0 Å². The number of nitrogens with zero attached hydrogens (tertiary/aromatic N) is 3. The molecule has 1 aliphatic carbocycles. The van der Waals surface area contributed by atoms with Gasteiger partial charge in [-0.1, -0.05) is 24.3 Å². The third kappa shape index (κ3) is 4.15. The lowest BCUT2D eigenvalue weighted by molar-refractivity contribution is -0.121. The average Bonchev–Trinajstić information content (AvgIpc) is 3.30. The van der Waals surface area contributed by atoms with Crippen molar-refractivity contribution >= 4 is 5.91 Å². The van der Waals surface area contributed by atoms with E-state index < -0.39 is 0 Å². The number of hydrogen-bond donors (Lipinski definition) is 1. The van der Waals surface area contributed by atoms with Crippen LogP contribution < -0.4 is 5.32 Å². The number of rotatable bonds is 7. The highest BCUT2D eigenvalue weighted by atomic mass is 16.1. The number of fused-ring (bicyclic) bond motifs is 1. The van der Waals surface area contributed by atoms with Gasteiger partial charge in [-0.3, -0.25) is 14.4 Å². The molecule has 5 heteroatoms. The highest BCUT2D eigenvalue weighted by Crippen LogP contribution is 2.32. The highest BCUT2D eigenvalue weighted by molar-refractivity contribution is 5.76. The van der Waals surface area contributed by atoms with Crippen molar-refractivity contribution in [2.45, 2.75) is 51.7 Å². The van der Waals surface area contributed by atoms with E-state index in [9.17, 15) is 4.79 Å². The minimum atomic E-state index is 0.209. The van der Waals surface area contributed by atoms with Crippen LogP contribution in [0.3, 0.4) is 0 Å². The number of carbonyl (C=O) groups is 1. The molecule has 0 saturated heterocycles. The molecule has 1 saturated carbocycles. The van der Waals surface area contributed by atoms with Gasteiger partial charge in [-0.2, -0.15) is 5.10 Å². The van der Waals surface area contributed by atoms with E-state index in [4.69, 9.17) is 0 Å². The van der Waals surface area contributed by atoms with E-state index >= 15 is 0 Å². The predicted octanol–water partition coefficient (Wildman–Crippen LogP) is 3.05. The van der Waals surface area contributed by atoms with Crippen LogP contribution in [0.2, 0.25) is 0 Å². The Labute approximate surface area is 155 Å². The van der Waals surface area contributed by atoms with Gasteiger partial charge in [0, 0.05) is 38.8 Å². The van der Waals surface area contributed by atoms with Gasteiger partial charge in [0.25, 0.3) is 0 Å². The van der Waals surface area contributed by atoms with E-state index in [2.05, 4.69) is 57.3 Å². The minimum Gasteiger partial charge on any atom is -0.356 e. The van der Waals surface area contributed by atoms with Crippen LogP contribution in [0.4, 0.5) is 0 Å². The van der Waals surface area contributed by atoms with Crippen LogP contribution in [0.5, 0.6) is 0 Å². The van der Waals surface area contributed by atoms with E-state index in [1.807, 2.05) is 6.20 Å². The lowest BCUT2D eigenvalue weighted by atomic mass is 10.1. The molecule has 1 aromatic carbocycles. The smallest absolute Gasteiger partial charge is 0.220 e. The standard InChI is InChI=1S/C21H28N4O/c1-16-4-2-3-5-18(16)13-24-14-19(25-20(15-24)9-11-23-25)8-10-22-21(26)12-17-6-7-17/h2-5,9,11,17,19H,6-8,10,12-15H2,1H3,(H,22,26). The lowest BCUT2D eigenvalue weighted by Crippen LogP contribution is -2.39. The third-order valence-electron chi connectivity index (χ3n) is 5.58. The molecular formula is C21H28N4O. The average molecular weight is 352 g/mol. The maximum Gasteiger partial charge on any atom is 0.220 e. The van der Waals surface area contributed by atoms with Crippen molar-refractivity contribution in [3.05, 3.63) is 53.3 Å². The van der Waals surface area contributed by atoms with Gasteiger partial charge in [0.1, 0.15) is 0 Å². The Balaban J connectivity index is 1.36. The Kier molecular flexibility index (Phi) is 5.07. The molecule has 1 N–H and O–H groups in total. The van der Waals surface area contributed by atoms with Crippen LogP contribution in [0, 0.1) is 12.8 Å². The van der Waals surface area contributed by atoms with Crippen molar-refractivity contribution in [1.29, 1.82) is 0 Å². The molecule has 5 nitrogen and oxygen atoms in total. The number of benzene rings is 1. The van der Waals surface area contributed by atoms with Crippen molar-refractivity contribution < 1.29 is 4.79 Å². The minimum absolute atomic E-state index is 0.209. The van der Waals surface area contributed by atoms with Gasteiger partial charge >= 0.3 is 0 Å². The number of amides is 1. The van der Waals surface area contributed by atoms with E-state index in [-0.39, 0.29) is 5.91 Å². The van der Waals surface area contributed by atoms with Gasteiger partial charge < -0.3 is 5.32 Å². The first-order valence-electron chi connectivity index (χ1n) is 9.75. The van der Waals surface area contributed by atoms with Crippen molar-refractivity contribution in [3.8, 4) is 0 Å².